The Morgan fingerprint density at radius 2 is 1.73 bits per heavy atom. The number of nitrogens with zero attached hydrogens (tertiary/aromatic N) is 1. The molecule has 2 aromatic carbocycles. The highest BCUT2D eigenvalue weighted by Gasteiger charge is 2.54. The lowest BCUT2D eigenvalue weighted by atomic mass is 9.64. The number of carboxylic acids is 1. The van der Waals surface area contributed by atoms with E-state index in [-0.39, 0.29) is 23.4 Å². The van der Waals surface area contributed by atoms with Crippen LogP contribution in [0.3, 0.4) is 0 Å². The lowest BCUT2D eigenvalue weighted by Crippen LogP contribution is -2.58. The topological polar surface area (TPSA) is 120 Å². The number of piperidine rings is 1. The third kappa shape index (κ3) is 4.59. The number of hydrogen-bond acceptors (Lipinski definition) is 8. The van der Waals surface area contributed by atoms with Gasteiger partial charge in [-0.1, -0.05) is 18.2 Å². The van der Waals surface area contributed by atoms with Gasteiger partial charge in [-0.2, -0.15) is 0 Å². The predicted octanol–water partition coefficient (Wildman–Crippen LogP) is 4.07. The normalized spacial score (nSPS) is 27.3. The van der Waals surface area contributed by atoms with Crippen LogP contribution in [0.5, 0.6) is 17.2 Å². The molecule has 1 aromatic heterocycles. The number of benzene rings is 2. The average Bonchev–Trinajstić information content (AvgIpc) is 3.37. The van der Waals surface area contributed by atoms with Crippen LogP contribution in [0, 0.1) is 17.8 Å². The van der Waals surface area contributed by atoms with Crippen molar-refractivity contribution in [3.63, 3.8) is 0 Å². The first-order valence-corrected chi connectivity index (χ1v) is 14.0. The van der Waals surface area contributed by atoms with Crippen molar-refractivity contribution in [2.75, 3.05) is 41.5 Å². The highest BCUT2D eigenvalue weighted by atomic mass is 16.6. The monoisotopic (exact) mass is 564 g/mol. The summed E-state index contributed by atoms with van der Waals surface area (Å²) in [6, 6.07) is 11.5. The summed E-state index contributed by atoms with van der Waals surface area (Å²) in [6.45, 7) is 1.65. The highest BCUT2D eigenvalue weighted by molar-refractivity contribution is 5.91. The number of carboxylic acid groups (broad SMARTS) is 1. The Kier molecular flexibility index (Phi) is 7.29. The molecular formula is C31H36N2O8. The van der Waals surface area contributed by atoms with Crippen LogP contribution in [0.2, 0.25) is 0 Å². The van der Waals surface area contributed by atoms with Crippen molar-refractivity contribution in [3.8, 4) is 17.2 Å². The molecule has 10 nitrogen and oxygen atoms in total. The average molecular weight is 565 g/mol. The molecule has 3 heterocycles. The van der Waals surface area contributed by atoms with Gasteiger partial charge in [0, 0.05) is 36.8 Å². The van der Waals surface area contributed by atoms with Gasteiger partial charge in [-0.25, -0.2) is 4.79 Å². The van der Waals surface area contributed by atoms with Gasteiger partial charge < -0.3 is 33.8 Å². The first kappa shape index (κ1) is 27.4. The second kappa shape index (κ2) is 10.9. The number of hydrogen-bond donors (Lipinski definition) is 2. The van der Waals surface area contributed by atoms with Crippen LogP contribution in [-0.4, -0.2) is 80.7 Å². The van der Waals surface area contributed by atoms with Crippen molar-refractivity contribution >= 4 is 22.8 Å². The molecule has 2 aliphatic heterocycles. The summed E-state index contributed by atoms with van der Waals surface area (Å²) in [7, 11) is 5.93. The maximum Gasteiger partial charge on any atom is 0.338 e. The number of fused-ring (bicyclic) bond motifs is 6. The van der Waals surface area contributed by atoms with E-state index >= 15 is 0 Å². The lowest BCUT2D eigenvalue weighted by molar-refractivity contribution is -0.173. The van der Waals surface area contributed by atoms with Gasteiger partial charge in [-0.15, -0.1) is 0 Å². The van der Waals surface area contributed by atoms with Gasteiger partial charge >= 0.3 is 11.9 Å². The van der Waals surface area contributed by atoms with Crippen LogP contribution in [0.15, 0.2) is 36.4 Å². The fourth-order valence-electron chi connectivity index (χ4n) is 7.48. The molecule has 3 aliphatic rings. The molecule has 3 aromatic rings. The number of aromatic nitrogens is 1. The number of aliphatic carboxylic acids is 1. The van der Waals surface area contributed by atoms with Gasteiger partial charge in [0.15, 0.2) is 11.5 Å². The molecule has 41 heavy (non-hydrogen) atoms. The molecule has 0 radical (unpaired) electrons. The largest absolute Gasteiger partial charge is 0.493 e. The molecule has 0 spiro atoms. The Morgan fingerprint density at radius 3 is 2.39 bits per heavy atom. The van der Waals surface area contributed by atoms with Crippen molar-refractivity contribution in [2.45, 2.75) is 37.5 Å². The fraction of sp³-hybridized carbons (Fsp3) is 0.484. The molecule has 1 aliphatic carbocycles. The van der Waals surface area contributed by atoms with Crippen molar-refractivity contribution in [2.24, 2.45) is 17.8 Å². The number of methoxy groups -OCH3 is 4. The van der Waals surface area contributed by atoms with Gasteiger partial charge in [0.1, 0.15) is 12.2 Å². The Balaban J connectivity index is 1.28. The summed E-state index contributed by atoms with van der Waals surface area (Å²) in [5.74, 6) is -1.40. The highest BCUT2D eigenvalue weighted by Crippen LogP contribution is 2.50. The van der Waals surface area contributed by atoms with Crippen LogP contribution in [0.1, 0.15) is 40.5 Å². The maximum absolute atomic E-state index is 13.4. The minimum atomic E-state index is -0.929. The second-order valence-electron chi connectivity index (χ2n) is 11.1. The molecule has 2 fully saturated rings. The van der Waals surface area contributed by atoms with E-state index in [9.17, 15) is 14.7 Å². The fourth-order valence-corrected chi connectivity index (χ4v) is 7.48. The molecule has 2 N–H and O–H groups in total. The van der Waals surface area contributed by atoms with Gasteiger partial charge in [0.05, 0.1) is 38.9 Å². The molecule has 10 heteroatoms. The number of H-pyrrole nitrogens is 1. The Labute approximate surface area is 238 Å². The minimum Gasteiger partial charge on any atom is -0.493 e. The third-order valence-electron chi connectivity index (χ3n) is 9.27. The summed E-state index contributed by atoms with van der Waals surface area (Å²) in [5.41, 5.74) is 3.87. The molecule has 1 saturated carbocycles. The molecular weight excluding hydrogens is 528 g/mol. The van der Waals surface area contributed by atoms with E-state index in [0.717, 1.165) is 25.0 Å². The van der Waals surface area contributed by atoms with E-state index in [0.29, 0.717) is 30.1 Å². The molecule has 0 bridgehead atoms. The van der Waals surface area contributed by atoms with E-state index in [2.05, 4.69) is 28.1 Å². The van der Waals surface area contributed by atoms with Crippen molar-refractivity contribution in [1.29, 1.82) is 0 Å². The van der Waals surface area contributed by atoms with Gasteiger partial charge in [-0.3, -0.25) is 9.69 Å². The number of carbonyl (C=O) groups excluding carboxylic acids is 1. The molecule has 6 atom stereocenters. The number of ether oxygens (including phenoxy) is 5. The summed E-state index contributed by atoms with van der Waals surface area (Å²) in [6.07, 6.45) is 0.660. The standard InChI is InChI=1S/C31H36N2O8/c1-37-23-11-16(12-24(38-2)28(23)39-3)31(36)41-25-13-17-15-33-10-9-19-18-7-5-6-8-21(18)32-27(19)22(33)14-20(17)26(30(34)35)29(25)40-4/h5-8,11-12,17,20,22,25-26,29,32H,9-10,13-15H2,1-4H3,(H,34,35). The number of carbonyl (C=O) groups is 2. The summed E-state index contributed by atoms with van der Waals surface area (Å²) >= 11 is 0. The Bertz CT molecular complexity index is 1440. The van der Waals surface area contributed by atoms with Crippen LogP contribution in [-0.2, 0) is 20.7 Å². The molecule has 0 amide bonds. The summed E-state index contributed by atoms with van der Waals surface area (Å²) < 4.78 is 28.0. The van der Waals surface area contributed by atoms with Crippen molar-refractivity contribution in [1.82, 2.24) is 9.88 Å². The van der Waals surface area contributed by atoms with Crippen LogP contribution >= 0.6 is 0 Å². The van der Waals surface area contributed by atoms with Crippen molar-refractivity contribution in [3.05, 3.63) is 53.2 Å². The van der Waals surface area contributed by atoms with Gasteiger partial charge in [0.2, 0.25) is 5.75 Å². The third-order valence-corrected chi connectivity index (χ3v) is 9.27. The van der Waals surface area contributed by atoms with Gasteiger partial charge in [0.25, 0.3) is 0 Å². The summed E-state index contributed by atoms with van der Waals surface area (Å²) in [4.78, 5) is 32.3. The number of para-hydroxylation sites is 1. The predicted molar refractivity (Wildman–Crippen MR) is 150 cm³/mol. The number of nitrogens with one attached hydrogen (secondary N) is 1. The SMILES string of the molecule is COc1cc(C(=O)OC2CC3CN4CCc5c([nH]c6ccccc56)C4CC3C(C(=O)O)C2OC)cc(OC)c1OC. The van der Waals surface area contributed by atoms with Crippen LogP contribution in [0.4, 0.5) is 0 Å². The Hall–Kier alpha value is -3.76. The number of aromatic amines is 1. The Morgan fingerprint density at radius 1 is 1.00 bits per heavy atom. The smallest absolute Gasteiger partial charge is 0.338 e. The first-order valence-electron chi connectivity index (χ1n) is 14.0. The summed E-state index contributed by atoms with van der Waals surface area (Å²) in [5, 5.41) is 11.7. The van der Waals surface area contributed by atoms with E-state index in [4.69, 9.17) is 23.7 Å². The zero-order chi connectivity index (χ0) is 28.8. The molecule has 218 valence electrons. The second-order valence-corrected chi connectivity index (χ2v) is 11.1. The zero-order valence-electron chi connectivity index (χ0n) is 23.7. The van der Waals surface area contributed by atoms with E-state index < -0.39 is 30.1 Å². The van der Waals surface area contributed by atoms with E-state index in [1.165, 1.54) is 57.2 Å². The molecule has 6 rings (SSSR count). The quantitative estimate of drug-likeness (QED) is 0.409. The van der Waals surface area contributed by atoms with Gasteiger partial charge in [-0.05, 0) is 54.9 Å². The molecule has 1 saturated heterocycles. The first-order chi connectivity index (χ1) is 19.9. The van der Waals surface area contributed by atoms with E-state index in [1.54, 1.807) is 0 Å². The van der Waals surface area contributed by atoms with E-state index in [1.807, 2.05) is 6.07 Å². The van der Waals surface area contributed by atoms with Crippen LogP contribution in [0.25, 0.3) is 10.9 Å². The lowest BCUT2D eigenvalue weighted by Gasteiger charge is -2.52. The number of rotatable bonds is 7. The zero-order valence-corrected chi connectivity index (χ0v) is 23.7. The van der Waals surface area contributed by atoms with Crippen LogP contribution < -0.4 is 14.2 Å². The van der Waals surface area contributed by atoms with Crippen molar-refractivity contribution < 1.29 is 38.4 Å². The maximum atomic E-state index is 13.4. The molecule has 6 unspecified atom stereocenters. The minimum absolute atomic E-state index is 0.0439. The number of esters is 1.